The molecule has 172 valence electrons. The van der Waals surface area contributed by atoms with E-state index in [0.717, 1.165) is 30.7 Å². The van der Waals surface area contributed by atoms with Crippen LogP contribution in [0.4, 0.5) is 5.69 Å². The predicted molar refractivity (Wildman–Crippen MR) is 127 cm³/mol. The first-order valence-electron chi connectivity index (χ1n) is 11.6. The summed E-state index contributed by atoms with van der Waals surface area (Å²) in [6.45, 7) is 8.09. The number of hydrogen-bond acceptors (Lipinski definition) is 4. The number of likely N-dealkylation sites (tertiary alicyclic amines) is 1. The van der Waals surface area contributed by atoms with Gasteiger partial charge < -0.3 is 15.1 Å². The van der Waals surface area contributed by atoms with Gasteiger partial charge in [0.05, 0.1) is 11.9 Å². The number of nitrogens with one attached hydrogen (secondary N) is 1. The monoisotopic (exact) mass is 437 g/mol. The third-order valence-corrected chi connectivity index (χ3v) is 6.46. The molecule has 0 atom stereocenters. The zero-order chi connectivity index (χ0) is 22.5. The van der Waals surface area contributed by atoms with E-state index in [4.69, 9.17) is 0 Å². The Labute approximate surface area is 190 Å². The molecule has 0 spiro atoms. The molecule has 0 radical (unpaired) electrons. The Bertz CT molecular complexity index is 945. The Balaban J connectivity index is 1.30. The normalized spacial score (nSPS) is 19.0. The third-order valence-electron chi connectivity index (χ3n) is 6.46. The number of piperazine rings is 1. The summed E-state index contributed by atoms with van der Waals surface area (Å²) in [6, 6.07) is 8.78. The highest BCUT2D eigenvalue weighted by molar-refractivity contribution is 5.98. The van der Waals surface area contributed by atoms with Gasteiger partial charge in [0.2, 0.25) is 5.91 Å². The molecule has 2 aliphatic heterocycles. The van der Waals surface area contributed by atoms with Crippen LogP contribution in [0, 0.1) is 5.92 Å². The molecule has 1 amide bonds. The predicted octanol–water partition coefficient (Wildman–Crippen LogP) is 2.08. The first-order valence-corrected chi connectivity index (χ1v) is 11.6. The number of guanidine groups is 1. The van der Waals surface area contributed by atoms with E-state index >= 15 is 0 Å². The number of aliphatic imine (C=N–C) groups is 1. The average Bonchev–Trinajstić information content (AvgIpc) is 3.22. The second kappa shape index (κ2) is 10.2. The number of amides is 1. The molecule has 0 unspecified atom stereocenters. The number of rotatable bonds is 5. The summed E-state index contributed by atoms with van der Waals surface area (Å²) in [7, 11) is 3.63. The largest absolute Gasteiger partial charge is 0.352 e. The highest BCUT2D eigenvalue weighted by atomic mass is 16.2. The minimum atomic E-state index is 0.0602. The SMILES string of the molecule is CN=C(NCc1cccc(CN2CCC(C)CC2)c1)N1CCN(c2cnn(C)c2)C(=O)C1. The third kappa shape index (κ3) is 5.48. The molecule has 8 nitrogen and oxygen atoms in total. The molecule has 2 aliphatic rings. The molecule has 0 aliphatic carbocycles. The summed E-state index contributed by atoms with van der Waals surface area (Å²) in [6.07, 6.45) is 6.20. The summed E-state index contributed by atoms with van der Waals surface area (Å²) >= 11 is 0. The van der Waals surface area contributed by atoms with Crippen molar-refractivity contribution in [1.29, 1.82) is 0 Å². The van der Waals surface area contributed by atoms with Gasteiger partial charge in [-0.05, 0) is 43.0 Å². The van der Waals surface area contributed by atoms with Crippen LogP contribution in [0.25, 0.3) is 0 Å². The Morgan fingerprint density at radius 1 is 1.19 bits per heavy atom. The van der Waals surface area contributed by atoms with Crippen LogP contribution >= 0.6 is 0 Å². The molecule has 4 rings (SSSR count). The Morgan fingerprint density at radius 3 is 2.66 bits per heavy atom. The van der Waals surface area contributed by atoms with E-state index in [2.05, 4.69) is 51.5 Å². The van der Waals surface area contributed by atoms with Crippen molar-refractivity contribution in [2.75, 3.05) is 44.7 Å². The summed E-state index contributed by atoms with van der Waals surface area (Å²) < 4.78 is 1.72. The Morgan fingerprint density at radius 2 is 1.97 bits per heavy atom. The lowest BCUT2D eigenvalue weighted by Gasteiger charge is -2.35. The first kappa shape index (κ1) is 22.3. The first-order chi connectivity index (χ1) is 15.5. The lowest BCUT2D eigenvalue weighted by Crippen LogP contribution is -2.55. The number of carbonyl (C=O) groups excluding carboxylic acids is 1. The van der Waals surface area contributed by atoms with E-state index in [-0.39, 0.29) is 5.91 Å². The van der Waals surface area contributed by atoms with Gasteiger partial charge in [-0.25, -0.2) is 0 Å². The topological polar surface area (TPSA) is 69.0 Å². The van der Waals surface area contributed by atoms with Gasteiger partial charge in [-0.1, -0.05) is 31.2 Å². The molecular weight excluding hydrogens is 402 g/mol. The molecule has 0 bridgehead atoms. The molecule has 2 saturated heterocycles. The van der Waals surface area contributed by atoms with Crippen molar-refractivity contribution in [2.24, 2.45) is 18.0 Å². The number of aryl methyl sites for hydroxylation is 1. The molecular formula is C24H35N7O. The summed E-state index contributed by atoms with van der Waals surface area (Å²) in [5.74, 6) is 1.68. The second-order valence-electron chi connectivity index (χ2n) is 9.02. The molecule has 2 fully saturated rings. The van der Waals surface area contributed by atoms with Crippen LogP contribution in [-0.4, -0.2) is 71.2 Å². The number of nitrogens with zero attached hydrogens (tertiary/aromatic N) is 6. The lowest BCUT2D eigenvalue weighted by atomic mass is 9.98. The van der Waals surface area contributed by atoms with Crippen LogP contribution in [-0.2, 0) is 24.9 Å². The van der Waals surface area contributed by atoms with Crippen molar-refractivity contribution in [2.45, 2.75) is 32.9 Å². The maximum Gasteiger partial charge on any atom is 0.246 e. The van der Waals surface area contributed by atoms with Crippen molar-refractivity contribution in [3.8, 4) is 0 Å². The molecule has 8 heteroatoms. The van der Waals surface area contributed by atoms with Gasteiger partial charge in [-0.15, -0.1) is 0 Å². The molecule has 0 saturated carbocycles. The molecule has 3 heterocycles. The molecule has 2 aromatic rings. The van der Waals surface area contributed by atoms with E-state index in [1.165, 1.54) is 37.1 Å². The number of hydrogen-bond donors (Lipinski definition) is 1. The van der Waals surface area contributed by atoms with Crippen LogP contribution in [0.15, 0.2) is 41.7 Å². The highest BCUT2D eigenvalue weighted by Crippen LogP contribution is 2.19. The summed E-state index contributed by atoms with van der Waals surface area (Å²) in [5, 5.41) is 7.62. The zero-order valence-electron chi connectivity index (χ0n) is 19.5. The van der Waals surface area contributed by atoms with Gasteiger partial charge >= 0.3 is 0 Å². The zero-order valence-corrected chi connectivity index (χ0v) is 19.5. The molecule has 1 aromatic carbocycles. The van der Waals surface area contributed by atoms with Gasteiger partial charge in [-0.3, -0.25) is 19.4 Å². The number of anilines is 1. The number of piperidine rings is 1. The minimum absolute atomic E-state index is 0.0602. The molecule has 1 aromatic heterocycles. The van der Waals surface area contributed by atoms with E-state index in [1.807, 2.05) is 18.1 Å². The van der Waals surface area contributed by atoms with Crippen LogP contribution in [0.1, 0.15) is 30.9 Å². The smallest absolute Gasteiger partial charge is 0.246 e. The Hall–Kier alpha value is -2.87. The number of aromatic nitrogens is 2. The standard InChI is InChI=1S/C24H35N7O/c1-19-7-9-29(10-8-19)16-21-6-4-5-20(13-21)14-26-24(25-2)30-11-12-31(23(32)18-30)22-15-27-28(3)17-22/h4-6,13,15,17,19H,7-12,14,16,18H2,1-3H3,(H,25,26). The molecule has 32 heavy (non-hydrogen) atoms. The van der Waals surface area contributed by atoms with Crippen molar-refractivity contribution in [1.82, 2.24) is 24.9 Å². The van der Waals surface area contributed by atoms with Gasteiger partial charge in [-0.2, -0.15) is 5.10 Å². The lowest BCUT2D eigenvalue weighted by molar-refractivity contribution is -0.120. The Kier molecular flexibility index (Phi) is 7.09. The maximum absolute atomic E-state index is 12.7. The van der Waals surface area contributed by atoms with Gasteiger partial charge in [0, 0.05) is 46.5 Å². The van der Waals surface area contributed by atoms with Crippen LogP contribution in [0.5, 0.6) is 0 Å². The van der Waals surface area contributed by atoms with Crippen molar-refractivity contribution in [3.05, 3.63) is 47.8 Å². The summed E-state index contributed by atoms with van der Waals surface area (Å²) in [4.78, 5) is 23.5. The fraction of sp³-hybridized carbons (Fsp3) is 0.542. The number of carbonyl (C=O) groups is 1. The highest BCUT2D eigenvalue weighted by Gasteiger charge is 2.27. The van der Waals surface area contributed by atoms with E-state index < -0.39 is 0 Å². The average molecular weight is 438 g/mol. The van der Waals surface area contributed by atoms with Crippen LogP contribution in [0.2, 0.25) is 0 Å². The minimum Gasteiger partial charge on any atom is -0.352 e. The fourth-order valence-electron chi connectivity index (χ4n) is 4.50. The van der Waals surface area contributed by atoms with Crippen LogP contribution < -0.4 is 10.2 Å². The van der Waals surface area contributed by atoms with E-state index in [1.54, 1.807) is 22.8 Å². The van der Waals surface area contributed by atoms with Gasteiger partial charge in [0.25, 0.3) is 0 Å². The van der Waals surface area contributed by atoms with Crippen molar-refractivity contribution < 1.29 is 4.79 Å². The van der Waals surface area contributed by atoms with Crippen LogP contribution in [0.3, 0.4) is 0 Å². The number of benzene rings is 1. The van der Waals surface area contributed by atoms with E-state index in [9.17, 15) is 4.79 Å². The quantitative estimate of drug-likeness (QED) is 0.573. The summed E-state index contributed by atoms with van der Waals surface area (Å²) in [5.41, 5.74) is 3.43. The second-order valence-corrected chi connectivity index (χ2v) is 9.02. The van der Waals surface area contributed by atoms with Crippen molar-refractivity contribution in [3.63, 3.8) is 0 Å². The van der Waals surface area contributed by atoms with Gasteiger partial charge in [0.15, 0.2) is 5.96 Å². The van der Waals surface area contributed by atoms with Gasteiger partial charge in [0.1, 0.15) is 6.54 Å². The maximum atomic E-state index is 12.7. The van der Waals surface area contributed by atoms with Crippen molar-refractivity contribution >= 4 is 17.6 Å². The fourth-order valence-corrected chi connectivity index (χ4v) is 4.50. The van der Waals surface area contributed by atoms with E-state index in [0.29, 0.717) is 19.6 Å². The molecule has 1 N–H and O–H groups in total.